The zero-order valence-corrected chi connectivity index (χ0v) is 18.7. The van der Waals surface area contributed by atoms with Crippen LogP contribution in [0.2, 0.25) is 0 Å². The first-order valence-electron chi connectivity index (χ1n) is 10.3. The first-order valence-corrected chi connectivity index (χ1v) is 10.3. The molecule has 0 spiro atoms. The van der Waals surface area contributed by atoms with Crippen LogP contribution < -0.4 is 11.1 Å². The van der Waals surface area contributed by atoms with Crippen LogP contribution in [0.1, 0.15) is 41.8 Å². The van der Waals surface area contributed by atoms with Gasteiger partial charge in [-0.1, -0.05) is 67.6 Å². The van der Waals surface area contributed by atoms with Crippen LogP contribution in [0.4, 0.5) is 11.4 Å². The van der Waals surface area contributed by atoms with Crippen molar-refractivity contribution >= 4 is 23.4 Å². The molecule has 5 nitrogen and oxygen atoms in total. The minimum absolute atomic E-state index is 0.0105. The van der Waals surface area contributed by atoms with E-state index in [1.807, 2.05) is 85.1 Å². The number of hydrogen-bond donors (Lipinski definition) is 3. The number of aliphatic hydroxyl groups is 1. The second-order valence-corrected chi connectivity index (χ2v) is 6.51. The van der Waals surface area contributed by atoms with Crippen LogP contribution in [0, 0.1) is 0 Å². The summed E-state index contributed by atoms with van der Waals surface area (Å²) < 4.78 is 0. The molecule has 4 N–H and O–H groups in total. The van der Waals surface area contributed by atoms with E-state index < -0.39 is 0 Å². The lowest BCUT2D eigenvalue weighted by Crippen LogP contribution is -2.18. The first-order chi connectivity index (χ1) is 15.2. The Morgan fingerprint density at radius 1 is 0.968 bits per heavy atom. The molecular formula is C26H33N3O2. The van der Waals surface area contributed by atoms with E-state index >= 15 is 0 Å². The van der Waals surface area contributed by atoms with E-state index in [4.69, 9.17) is 5.11 Å². The molecule has 0 bridgehead atoms. The number of para-hydroxylation sites is 2. The van der Waals surface area contributed by atoms with Gasteiger partial charge in [-0.15, -0.1) is 0 Å². The molecule has 1 unspecified atom stereocenters. The number of anilines is 1. The van der Waals surface area contributed by atoms with Crippen molar-refractivity contribution in [2.45, 2.75) is 26.3 Å². The van der Waals surface area contributed by atoms with Crippen molar-refractivity contribution in [2.24, 2.45) is 10.7 Å². The number of ketones is 1. The maximum Gasteiger partial charge on any atom is 0.195 e. The number of nitrogens with one attached hydrogen (secondary N) is 1. The zero-order chi connectivity index (χ0) is 23.1. The van der Waals surface area contributed by atoms with Gasteiger partial charge in [0.2, 0.25) is 0 Å². The average Bonchev–Trinajstić information content (AvgIpc) is 2.86. The monoisotopic (exact) mass is 419 g/mol. The summed E-state index contributed by atoms with van der Waals surface area (Å²) in [5, 5.41) is 10.5. The number of benzene rings is 3. The highest BCUT2D eigenvalue weighted by Gasteiger charge is 2.17. The highest BCUT2D eigenvalue weighted by molar-refractivity contribution is 6.14. The maximum absolute atomic E-state index is 13.1. The van der Waals surface area contributed by atoms with E-state index in [0.29, 0.717) is 11.1 Å². The Morgan fingerprint density at radius 3 is 2.13 bits per heavy atom. The first kappa shape index (κ1) is 25.8. The Balaban J connectivity index is 0.00000113. The maximum atomic E-state index is 13.1. The van der Waals surface area contributed by atoms with Gasteiger partial charge in [0.05, 0.1) is 11.4 Å². The molecule has 5 heteroatoms. The number of hydrogen-bond acceptors (Lipinski definition) is 5. The van der Waals surface area contributed by atoms with E-state index in [-0.39, 0.29) is 11.8 Å². The largest absolute Gasteiger partial charge is 0.400 e. The van der Waals surface area contributed by atoms with E-state index in [2.05, 4.69) is 29.9 Å². The third-order valence-electron chi connectivity index (χ3n) is 4.49. The summed E-state index contributed by atoms with van der Waals surface area (Å²) in [4.78, 5) is 17.6. The molecule has 0 aromatic heterocycles. The van der Waals surface area contributed by atoms with Crippen LogP contribution in [0.15, 0.2) is 83.9 Å². The smallest absolute Gasteiger partial charge is 0.195 e. The topological polar surface area (TPSA) is 87.7 Å². The summed E-state index contributed by atoms with van der Waals surface area (Å²) in [6, 6.07) is 25.2. The van der Waals surface area contributed by atoms with E-state index in [9.17, 15) is 4.79 Å². The molecule has 0 fully saturated rings. The van der Waals surface area contributed by atoms with Crippen molar-refractivity contribution in [3.05, 3.63) is 95.6 Å². The molecular weight excluding hydrogens is 386 g/mol. The van der Waals surface area contributed by atoms with Gasteiger partial charge in [0.25, 0.3) is 0 Å². The Morgan fingerprint density at radius 2 is 1.55 bits per heavy atom. The van der Waals surface area contributed by atoms with Crippen LogP contribution in [0.5, 0.6) is 0 Å². The second kappa shape index (κ2) is 14.7. The zero-order valence-electron chi connectivity index (χ0n) is 18.7. The molecule has 3 aromatic rings. The normalized spacial score (nSPS) is 10.9. The van der Waals surface area contributed by atoms with Crippen molar-refractivity contribution < 1.29 is 9.90 Å². The van der Waals surface area contributed by atoms with Crippen molar-refractivity contribution in [3.8, 4) is 0 Å². The number of nitrogens with zero attached hydrogens (tertiary/aromatic N) is 1. The van der Waals surface area contributed by atoms with Crippen LogP contribution in [-0.2, 0) is 0 Å². The predicted octanol–water partition coefficient (Wildman–Crippen LogP) is 5.06. The minimum atomic E-state index is 0.0105. The summed E-state index contributed by atoms with van der Waals surface area (Å²) >= 11 is 0. The van der Waals surface area contributed by atoms with Gasteiger partial charge in [0.15, 0.2) is 5.78 Å². The van der Waals surface area contributed by atoms with Gasteiger partial charge in [0.1, 0.15) is 0 Å². The standard InChI is InChI=1S/C24H24N2O.CH5N.CH4O/c1-3-18(2)26-23-20(17-25-21-14-8-5-9-15-21)13-10-16-22(23)24(27)19-11-6-4-7-12-19;2*1-2/h4-18,26H,3H2,1-2H3;2H2,1H3;2H,1H3. The fourth-order valence-corrected chi connectivity index (χ4v) is 2.78. The van der Waals surface area contributed by atoms with Gasteiger partial charge < -0.3 is 16.2 Å². The van der Waals surface area contributed by atoms with E-state index in [0.717, 1.165) is 30.5 Å². The minimum Gasteiger partial charge on any atom is -0.400 e. The van der Waals surface area contributed by atoms with Gasteiger partial charge in [-0.05, 0) is 38.6 Å². The highest BCUT2D eigenvalue weighted by Crippen LogP contribution is 2.25. The molecule has 164 valence electrons. The molecule has 3 aromatic carbocycles. The van der Waals surface area contributed by atoms with Crippen LogP contribution in [-0.4, -0.2) is 37.3 Å². The van der Waals surface area contributed by atoms with Gasteiger partial charge >= 0.3 is 0 Å². The number of nitrogens with two attached hydrogens (primary N) is 1. The Hall–Kier alpha value is -3.28. The lowest BCUT2D eigenvalue weighted by Gasteiger charge is -2.18. The number of aliphatic imine (C=N–C) groups is 1. The molecule has 0 amide bonds. The lowest BCUT2D eigenvalue weighted by molar-refractivity contribution is 0.103. The van der Waals surface area contributed by atoms with Crippen molar-refractivity contribution in [1.82, 2.24) is 0 Å². The number of rotatable bonds is 7. The molecule has 0 aliphatic carbocycles. The Kier molecular flexibility index (Phi) is 12.2. The molecule has 31 heavy (non-hydrogen) atoms. The van der Waals surface area contributed by atoms with Crippen LogP contribution in [0.25, 0.3) is 0 Å². The summed E-state index contributed by atoms with van der Waals surface area (Å²) in [6.07, 6.45) is 2.78. The van der Waals surface area contributed by atoms with E-state index in [1.165, 1.54) is 7.05 Å². The summed E-state index contributed by atoms with van der Waals surface area (Å²) in [5.41, 5.74) is 8.47. The number of aliphatic hydroxyl groups excluding tert-OH is 1. The Bertz CT molecular complexity index is 926. The highest BCUT2D eigenvalue weighted by atomic mass is 16.2. The summed E-state index contributed by atoms with van der Waals surface area (Å²) in [6.45, 7) is 4.24. The fourth-order valence-electron chi connectivity index (χ4n) is 2.78. The molecule has 0 saturated carbocycles. The van der Waals surface area contributed by atoms with Crippen LogP contribution >= 0.6 is 0 Å². The van der Waals surface area contributed by atoms with Gasteiger partial charge in [0, 0.05) is 36.1 Å². The second-order valence-electron chi connectivity index (χ2n) is 6.51. The number of carbonyl (C=O) groups is 1. The quantitative estimate of drug-likeness (QED) is 0.369. The molecule has 0 aliphatic rings. The van der Waals surface area contributed by atoms with Crippen molar-refractivity contribution in [3.63, 3.8) is 0 Å². The third kappa shape index (κ3) is 7.81. The van der Waals surface area contributed by atoms with E-state index in [1.54, 1.807) is 0 Å². The van der Waals surface area contributed by atoms with Gasteiger partial charge in [-0.3, -0.25) is 9.79 Å². The molecule has 0 saturated heterocycles. The molecule has 3 rings (SSSR count). The summed E-state index contributed by atoms with van der Waals surface area (Å²) in [7, 11) is 2.50. The van der Waals surface area contributed by atoms with Gasteiger partial charge in [-0.25, -0.2) is 0 Å². The Labute approximate surface area is 185 Å². The lowest BCUT2D eigenvalue weighted by atomic mass is 9.98. The molecule has 0 aliphatic heterocycles. The SMILES string of the molecule is CCC(C)Nc1c(C=Nc2ccccc2)cccc1C(=O)c1ccccc1.CN.CO. The summed E-state index contributed by atoms with van der Waals surface area (Å²) in [5.74, 6) is 0.0105. The molecule has 0 radical (unpaired) electrons. The third-order valence-corrected chi connectivity index (χ3v) is 4.49. The molecule has 0 heterocycles. The fraction of sp³-hybridized carbons (Fsp3) is 0.231. The average molecular weight is 420 g/mol. The number of carbonyl (C=O) groups excluding carboxylic acids is 1. The molecule has 1 atom stereocenters. The van der Waals surface area contributed by atoms with Crippen LogP contribution in [0.3, 0.4) is 0 Å². The van der Waals surface area contributed by atoms with Crippen molar-refractivity contribution in [1.29, 1.82) is 0 Å². The van der Waals surface area contributed by atoms with Gasteiger partial charge in [-0.2, -0.15) is 0 Å². The predicted molar refractivity (Wildman–Crippen MR) is 132 cm³/mol. The van der Waals surface area contributed by atoms with Crippen molar-refractivity contribution in [2.75, 3.05) is 19.5 Å².